The smallest absolute Gasteiger partial charge is 0.0113 e. The van der Waals surface area contributed by atoms with E-state index < -0.39 is 0 Å². The van der Waals surface area contributed by atoms with Crippen molar-refractivity contribution < 1.29 is 0 Å². The largest absolute Gasteiger partial charge is 0.328 e. The van der Waals surface area contributed by atoms with Crippen molar-refractivity contribution in [3.05, 3.63) is 0 Å². The molecule has 1 fully saturated rings. The number of nitrogens with two attached hydrogens (primary N) is 1. The van der Waals surface area contributed by atoms with E-state index in [4.69, 9.17) is 5.73 Å². The number of likely N-dealkylation sites (N-methyl/N-ethyl adjacent to an activating group) is 1. The van der Waals surface area contributed by atoms with E-state index in [9.17, 15) is 0 Å². The lowest BCUT2D eigenvalue weighted by Gasteiger charge is -2.38. The summed E-state index contributed by atoms with van der Waals surface area (Å²) in [5.41, 5.74) is 5.87. The molecule has 4 heteroatoms. The number of nitrogens with zero attached hydrogens (tertiary/aromatic N) is 3. The molecule has 2 unspecified atom stereocenters. The van der Waals surface area contributed by atoms with Crippen LogP contribution in [0.2, 0.25) is 0 Å². The second-order valence-corrected chi connectivity index (χ2v) is 5.74. The van der Waals surface area contributed by atoms with Gasteiger partial charge in [-0.05, 0) is 34.4 Å². The molecule has 1 rings (SSSR count). The van der Waals surface area contributed by atoms with Crippen LogP contribution in [0.15, 0.2) is 0 Å². The van der Waals surface area contributed by atoms with Gasteiger partial charge in [-0.25, -0.2) is 0 Å². The molecule has 2 N–H and O–H groups in total. The molecule has 0 aromatic heterocycles. The first-order valence-electron chi connectivity index (χ1n) is 6.85. The van der Waals surface area contributed by atoms with Crippen LogP contribution in [-0.2, 0) is 0 Å². The fraction of sp³-hybridized carbons (Fsp3) is 1.00. The molecule has 4 nitrogen and oxygen atoms in total. The van der Waals surface area contributed by atoms with E-state index in [2.05, 4.69) is 42.6 Å². The van der Waals surface area contributed by atoms with E-state index in [1.807, 2.05) is 0 Å². The normalized spacial score (nSPS) is 22.9. The molecule has 0 spiro atoms. The van der Waals surface area contributed by atoms with Crippen LogP contribution in [0.1, 0.15) is 20.3 Å². The Morgan fingerprint density at radius 2 is 1.71 bits per heavy atom. The minimum atomic E-state index is 0.316. The molecule has 17 heavy (non-hydrogen) atoms. The van der Waals surface area contributed by atoms with Crippen LogP contribution in [0.3, 0.4) is 0 Å². The third-order valence-corrected chi connectivity index (χ3v) is 3.61. The van der Waals surface area contributed by atoms with Crippen molar-refractivity contribution in [3.63, 3.8) is 0 Å². The van der Waals surface area contributed by atoms with Gasteiger partial charge in [0.05, 0.1) is 0 Å². The van der Waals surface area contributed by atoms with Crippen molar-refractivity contribution in [1.82, 2.24) is 14.7 Å². The van der Waals surface area contributed by atoms with E-state index in [-0.39, 0.29) is 0 Å². The minimum absolute atomic E-state index is 0.316. The van der Waals surface area contributed by atoms with Gasteiger partial charge < -0.3 is 10.6 Å². The lowest BCUT2D eigenvalue weighted by Crippen LogP contribution is -2.51. The first kappa shape index (κ1) is 14.9. The highest BCUT2D eigenvalue weighted by atomic mass is 15.3. The van der Waals surface area contributed by atoms with Gasteiger partial charge in [0.2, 0.25) is 0 Å². The van der Waals surface area contributed by atoms with E-state index in [1.165, 1.54) is 32.7 Å². The van der Waals surface area contributed by atoms with Gasteiger partial charge >= 0.3 is 0 Å². The number of rotatable bonds is 6. The topological polar surface area (TPSA) is 35.7 Å². The maximum absolute atomic E-state index is 5.87. The zero-order chi connectivity index (χ0) is 12.8. The summed E-state index contributed by atoms with van der Waals surface area (Å²) in [7, 11) is 4.28. The first-order valence-corrected chi connectivity index (χ1v) is 6.85. The Morgan fingerprint density at radius 1 is 1.12 bits per heavy atom. The molecule has 2 atom stereocenters. The maximum Gasteiger partial charge on any atom is 0.0113 e. The third-order valence-electron chi connectivity index (χ3n) is 3.61. The van der Waals surface area contributed by atoms with Crippen molar-refractivity contribution in [3.8, 4) is 0 Å². The zero-order valence-corrected chi connectivity index (χ0v) is 12.0. The highest BCUT2D eigenvalue weighted by molar-refractivity contribution is 4.78. The predicted molar refractivity (Wildman–Crippen MR) is 74.3 cm³/mol. The Morgan fingerprint density at radius 3 is 2.18 bits per heavy atom. The molecule has 1 aliphatic heterocycles. The minimum Gasteiger partial charge on any atom is -0.328 e. The van der Waals surface area contributed by atoms with E-state index >= 15 is 0 Å². The summed E-state index contributed by atoms with van der Waals surface area (Å²) in [4.78, 5) is 7.40. The summed E-state index contributed by atoms with van der Waals surface area (Å²) < 4.78 is 0. The lowest BCUT2D eigenvalue weighted by atomic mass is 10.1. The molecular weight excluding hydrogens is 212 g/mol. The van der Waals surface area contributed by atoms with Crippen LogP contribution in [0.5, 0.6) is 0 Å². The highest BCUT2D eigenvalue weighted by Gasteiger charge is 2.21. The molecule has 0 aliphatic carbocycles. The van der Waals surface area contributed by atoms with Gasteiger partial charge in [-0.1, -0.05) is 0 Å². The van der Waals surface area contributed by atoms with Crippen LogP contribution in [-0.4, -0.2) is 80.1 Å². The maximum atomic E-state index is 5.87. The first-order chi connectivity index (χ1) is 7.99. The number of hydrogen-bond donors (Lipinski definition) is 1. The number of piperazine rings is 1. The Balaban J connectivity index is 2.21. The van der Waals surface area contributed by atoms with Crippen molar-refractivity contribution >= 4 is 0 Å². The van der Waals surface area contributed by atoms with Crippen molar-refractivity contribution in [2.75, 3.05) is 53.4 Å². The second kappa shape index (κ2) is 7.31. The molecule has 0 aromatic rings. The molecule has 0 radical (unpaired) electrons. The Bertz CT molecular complexity index is 198. The van der Waals surface area contributed by atoms with Crippen LogP contribution >= 0.6 is 0 Å². The number of hydrogen-bond acceptors (Lipinski definition) is 4. The molecule has 0 aromatic carbocycles. The quantitative estimate of drug-likeness (QED) is 0.726. The van der Waals surface area contributed by atoms with Gasteiger partial charge in [0.1, 0.15) is 0 Å². The predicted octanol–water partition coefficient (Wildman–Crippen LogP) is 0.291. The lowest BCUT2D eigenvalue weighted by molar-refractivity contribution is 0.0924. The Labute approximate surface area is 107 Å². The van der Waals surface area contributed by atoms with Crippen molar-refractivity contribution in [2.45, 2.75) is 32.4 Å². The average Bonchev–Trinajstić information content (AvgIpc) is 2.26. The van der Waals surface area contributed by atoms with Crippen LogP contribution in [0.4, 0.5) is 0 Å². The standard InChI is InChI=1S/C13H30N4/c1-12(14)11-13(2)17-9-7-16(8-10-17)6-5-15(3)4/h12-13H,5-11,14H2,1-4H3. The van der Waals surface area contributed by atoms with Crippen molar-refractivity contribution in [2.24, 2.45) is 5.73 Å². The molecule has 0 bridgehead atoms. The van der Waals surface area contributed by atoms with Gasteiger partial charge in [0.15, 0.2) is 0 Å². The van der Waals surface area contributed by atoms with Crippen molar-refractivity contribution in [1.29, 1.82) is 0 Å². The van der Waals surface area contributed by atoms with E-state index in [0.717, 1.165) is 13.0 Å². The van der Waals surface area contributed by atoms with E-state index in [0.29, 0.717) is 12.1 Å². The Kier molecular flexibility index (Phi) is 6.41. The van der Waals surface area contributed by atoms with Crippen LogP contribution < -0.4 is 5.73 Å². The van der Waals surface area contributed by atoms with Gasteiger partial charge in [0.25, 0.3) is 0 Å². The fourth-order valence-corrected chi connectivity index (χ4v) is 2.46. The van der Waals surface area contributed by atoms with Gasteiger partial charge in [-0.3, -0.25) is 9.80 Å². The van der Waals surface area contributed by atoms with Crippen LogP contribution in [0.25, 0.3) is 0 Å². The second-order valence-electron chi connectivity index (χ2n) is 5.74. The summed E-state index contributed by atoms with van der Waals surface area (Å²) in [5.74, 6) is 0. The fourth-order valence-electron chi connectivity index (χ4n) is 2.46. The van der Waals surface area contributed by atoms with Gasteiger partial charge in [-0.15, -0.1) is 0 Å². The van der Waals surface area contributed by atoms with Gasteiger partial charge in [0, 0.05) is 51.4 Å². The average molecular weight is 242 g/mol. The molecule has 0 saturated carbocycles. The summed E-state index contributed by atoms with van der Waals surface area (Å²) in [6.45, 7) is 11.6. The van der Waals surface area contributed by atoms with E-state index in [1.54, 1.807) is 0 Å². The molecule has 102 valence electrons. The zero-order valence-electron chi connectivity index (χ0n) is 12.0. The summed E-state index contributed by atoms with van der Waals surface area (Å²) in [6, 6.07) is 0.947. The summed E-state index contributed by atoms with van der Waals surface area (Å²) in [5, 5.41) is 0. The van der Waals surface area contributed by atoms with Crippen LogP contribution in [0, 0.1) is 0 Å². The monoisotopic (exact) mass is 242 g/mol. The molecule has 1 aliphatic rings. The molecule has 1 heterocycles. The van der Waals surface area contributed by atoms with Gasteiger partial charge in [-0.2, -0.15) is 0 Å². The summed E-state index contributed by atoms with van der Waals surface area (Å²) >= 11 is 0. The SMILES string of the molecule is CC(N)CC(C)N1CCN(CCN(C)C)CC1. The summed E-state index contributed by atoms with van der Waals surface area (Å²) in [6.07, 6.45) is 1.11. The Hall–Kier alpha value is -0.160. The molecule has 0 amide bonds. The molecule has 1 saturated heterocycles. The third kappa shape index (κ3) is 5.82. The molecular formula is C13H30N4. The highest BCUT2D eigenvalue weighted by Crippen LogP contribution is 2.10.